The summed E-state index contributed by atoms with van der Waals surface area (Å²) in [7, 11) is 0. The number of phenolic OH excluding ortho intramolecular Hbond substituents is 1. The highest BCUT2D eigenvalue weighted by molar-refractivity contribution is 5.31. The molecule has 1 aromatic rings. The fourth-order valence-corrected chi connectivity index (χ4v) is 2.45. The number of rotatable bonds is 12. The van der Waals surface area contributed by atoms with Crippen LogP contribution >= 0.6 is 0 Å². The van der Waals surface area contributed by atoms with Gasteiger partial charge in [0.2, 0.25) is 0 Å². The second-order valence-electron chi connectivity index (χ2n) is 5.40. The maximum absolute atomic E-state index is 9.66. The molecule has 1 rings (SSSR count). The lowest BCUT2D eigenvalue weighted by atomic mass is 10.0. The van der Waals surface area contributed by atoms with Crippen LogP contribution in [0.25, 0.3) is 0 Å². The van der Waals surface area contributed by atoms with Gasteiger partial charge >= 0.3 is 0 Å². The molecule has 0 unspecified atom stereocenters. The van der Waals surface area contributed by atoms with E-state index >= 15 is 0 Å². The minimum Gasteiger partial charge on any atom is -0.508 e. The van der Waals surface area contributed by atoms with Crippen LogP contribution in [0.4, 0.5) is 0 Å². The summed E-state index contributed by atoms with van der Waals surface area (Å²) in [6, 6.07) is 7.67. The molecule has 0 radical (unpaired) electrons. The molecule has 0 saturated heterocycles. The quantitative estimate of drug-likeness (QED) is 0.539. The van der Waals surface area contributed by atoms with Crippen molar-refractivity contribution in [2.75, 3.05) is 13.2 Å². The van der Waals surface area contributed by atoms with E-state index < -0.39 is 0 Å². The highest BCUT2D eigenvalue weighted by atomic mass is 16.5. The first-order chi connectivity index (χ1) is 9.84. The maximum atomic E-state index is 9.66. The first kappa shape index (κ1) is 17.0. The van der Waals surface area contributed by atoms with Crippen LogP contribution in [-0.4, -0.2) is 18.3 Å². The maximum Gasteiger partial charge on any atom is 0.118 e. The normalized spacial score (nSPS) is 10.8. The predicted molar refractivity (Wildman–Crippen MR) is 85.2 cm³/mol. The molecule has 0 aliphatic heterocycles. The van der Waals surface area contributed by atoms with Crippen molar-refractivity contribution in [2.45, 2.75) is 64.7 Å². The van der Waals surface area contributed by atoms with Gasteiger partial charge in [0.15, 0.2) is 0 Å². The van der Waals surface area contributed by atoms with Crippen LogP contribution in [0.15, 0.2) is 24.3 Å². The zero-order chi connectivity index (χ0) is 14.5. The van der Waals surface area contributed by atoms with Crippen molar-refractivity contribution in [3.05, 3.63) is 29.8 Å². The molecule has 0 aromatic heterocycles. The minimum absolute atomic E-state index is 0.446. The fourth-order valence-electron chi connectivity index (χ4n) is 2.45. The van der Waals surface area contributed by atoms with E-state index in [0.717, 1.165) is 25.2 Å². The molecule has 1 aromatic carbocycles. The van der Waals surface area contributed by atoms with Crippen molar-refractivity contribution in [3.8, 4) is 5.75 Å². The average Bonchev–Trinajstić information content (AvgIpc) is 2.46. The number of aromatic hydroxyl groups is 1. The molecule has 2 nitrogen and oxygen atoms in total. The molecule has 0 heterocycles. The Balaban J connectivity index is 1.87. The molecular formula is C18H30O2. The van der Waals surface area contributed by atoms with E-state index in [1.54, 1.807) is 6.07 Å². The van der Waals surface area contributed by atoms with Gasteiger partial charge in [0.25, 0.3) is 0 Å². The van der Waals surface area contributed by atoms with Gasteiger partial charge in [0, 0.05) is 13.2 Å². The second kappa shape index (κ2) is 11.8. The van der Waals surface area contributed by atoms with E-state index in [0.29, 0.717) is 5.75 Å². The van der Waals surface area contributed by atoms with Crippen LogP contribution < -0.4 is 0 Å². The summed E-state index contributed by atoms with van der Waals surface area (Å²) in [4.78, 5) is 0. The Kier molecular flexibility index (Phi) is 10.0. The lowest BCUT2D eigenvalue weighted by Crippen LogP contribution is -1.93. The molecule has 0 bridgehead atoms. The Labute approximate surface area is 124 Å². The van der Waals surface area contributed by atoms with Crippen LogP contribution in [-0.2, 0) is 11.2 Å². The van der Waals surface area contributed by atoms with Crippen molar-refractivity contribution in [3.63, 3.8) is 0 Å². The van der Waals surface area contributed by atoms with Crippen LogP contribution in [0.5, 0.6) is 5.75 Å². The van der Waals surface area contributed by atoms with Gasteiger partial charge in [-0.05, 0) is 37.8 Å². The zero-order valence-corrected chi connectivity index (χ0v) is 12.9. The van der Waals surface area contributed by atoms with Crippen molar-refractivity contribution in [2.24, 2.45) is 0 Å². The Morgan fingerprint density at radius 1 is 0.850 bits per heavy atom. The Morgan fingerprint density at radius 2 is 1.45 bits per heavy atom. The van der Waals surface area contributed by atoms with Gasteiger partial charge < -0.3 is 9.84 Å². The molecule has 20 heavy (non-hydrogen) atoms. The number of phenols is 1. The molecule has 0 amide bonds. The van der Waals surface area contributed by atoms with Gasteiger partial charge in [-0.2, -0.15) is 0 Å². The lowest BCUT2D eigenvalue weighted by molar-refractivity contribution is 0.143. The van der Waals surface area contributed by atoms with Crippen LogP contribution in [0.1, 0.15) is 63.9 Å². The summed E-state index contributed by atoms with van der Waals surface area (Å²) in [5, 5.41) is 9.66. The highest BCUT2D eigenvalue weighted by Crippen LogP contribution is 2.18. The van der Waals surface area contributed by atoms with Crippen molar-refractivity contribution < 1.29 is 9.84 Å². The Hall–Kier alpha value is -1.02. The van der Waals surface area contributed by atoms with E-state index in [1.165, 1.54) is 51.4 Å². The SMILES string of the molecule is CCOCCCCCCCCCCc1ccccc1O. The summed E-state index contributed by atoms with van der Waals surface area (Å²) in [5.41, 5.74) is 1.09. The van der Waals surface area contributed by atoms with E-state index in [4.69, 9.17) is 4.74 Å². The van der Waals surface area contributed by atoms with Crippen molar-refractivity contribution in [1.82, 2.24) is 0 Å². The predicted octanol–water partition coefficient (Wildman–Crippen LogP) is 5.09. The van der Waals surface area contributed by atoms with Gasteiger partial charge in [-0.3, -0.25) is 0 Å². The Morgan fingerprint density at radius 3 is 2.10 bits per heavy atom. The number of ether oxygens (including phenoxy) is 1. The number of benzene rings is 1. The molecule has 0 aliphatic rings. The molecule has 0 spiro atoms. The van der Waals surface area contributed by atoms with Gasteiger partial charge in [-0.25, -0.2) is 0 Å². The lowest BCUT2D eigenvalue weighted by Gasteiger charge is -2.05. The summed E-state index contributed by atoms with van der Waals surface area (Å²) < 4.78 is 5.32. The van der Waals surface area contributed by atoms with E-state index in [1.807, 2.05) is 18.2 Å². The number of aryl methyl sites for hydroxylation is 1. The molecular weight excluding hydrogens is 248 g/mol. The molecule has 2 heteroatoms. The number of para-hydroxylation sites is 1. The van der Waals surface area contributed by atoms with Gasteiger partial charge in [-0.15, -0.1) is 0 Å². The minimum atomic E-state index is 0.446. The second-order valence-corrected chi connectivity index (χ2v) is 5.40. The van der Waals surface area contributed by atoms with Crippen LogP contribution in [0, 0.1) is 0 Å². The standard InChI is InChI=1S/C18H30O2/c1-2-20-16-12-8-6-4-3-5-7-9-13-17-14-10-11-15-18(17)19/h10-11,14-15,19H,2-9,12-13,16H2,1H3. The van der Waals surface area contributed by atoms with Crippen molar-refractivity contribution >= 4 is 0 Å². The van der Waals surface area contributed by atoms with E-state index in [-0.39, 0.29) is 0 Å². The Bertz CT molecular complexity index is 336. The third kappa shape index (κ3) is 8.21. The number of hydrogen-bond donors (Lipinski definition) is 1. The van der Waals surface area contributed by atoms with Gasteiger partial charge in [0.05, 0.1) is 0 Å². The van der Waals surface area contributed by atoms with E-state index in [9.17, 15) is 5.11 Å². The topological polar surface area (TPSA) is 29.5 Å². The number of hydrogen-bond acceptors (Lipinski definition) is 2. The smallest absolute Gasteiger partial charge is 0.118 e. The van der Waals surface area contributed by atoms with Crippen molar-refractivity contribution in [1.29, 1.82) is 0 Å². The molecule has 0 aliphatic carbocycles. The third-order valence-corrected chi connectivity index (χ3v) is 3.68. The summed E-state index contributed by atoms with van der Waals surface area (Å²) >= 11 is 0. The van der Waals surface area contributed by atoms with E-state index in [2.05, 4.69) is 6.92 Å². The fraction of sp³-hybridized carbons (Fsp3) is 0.667. The van der Waals surface area contributed by atoms with Gasteiger partial charge in [-0.1, -0.05) is 56.7 Å². The summed E-state index contributed by atoms with van der Waals surface area (Å²) in [6.45, 7) is 3.82. The molecule has 0 fully saturated rings. The molecule has 1 N–H and O–H groups in total. The zero-order valence-electron chi connectivity index (χ0n) is 12.9. The molecule has 114 valence electrons. The first-order valence-corrected chi connectivity index (χ1v) is 8.19. The first-order valence-electron chi connectivity index (χ1n) is 8.19. The summed E-state index contributed by atoms with van der Waals surface area (Å²) in [5.74, 6) is 0.446. The third-order valence-electron chi connectivity index (χ3n) is 3.68. The largest absolute Gasteiger partial charge is 0.508 e. The summed E-state index contributed by atoms with van der Waals surface area (Å²) in [6.07, 6.45) is 11.3. The number of unbranched alkanes of at least 4 members (excludes halogenated alkanes) is 7. The highest BCUT2D eigenvalue weighted by Gasteiger charge is 1.99. The molecule has 0 saturated carbocycles. The average molecular weight is 278 g/mol. The van der Waals surface area contributed by atoms with Crippen LogP contribution in [0.2, 0.25) is 0 Å². The molecule has 0 atom stereocenters. The van der Waals surface area contributed by atoms with Crippen LogP contribution in [0.3, 0.4) is 0 Å². The van der Waals surface area contributed by atoms with Gasteiger partial charge in [0.1, 0.15) is 5.75 Å². The monoisotopic (exact) mass is 278 g/mol.